The number of hydrogen-bond donors (Lipinski definition) is 2. The normalized spacial score (nSPS) is 12.1. The number of amides is 2. The molecule has 9 heteroatoms. The van der Waals surface area contributed by atoms with Crippen LogP contribution in [0.2, 0.25) is 0 Å². The van der Waals surface area contributed by atoms with Crippen molar-refractivity contribution in [3.8, 4) is 0 Å². The monoisotopic (exact) mass is 447 g/mol. The number of methoxy groups -OCH3 is 1. The van der Waals surface area contributed by atoms with Crippen molar-refractivity contribution in [2.24, 2.45) is 0 Å². The lowest BCUT2D eigenvalue weighted by Crippen LogP contribution is -2.47. The first-order valence-electron chi connectivity index (χ1n) is 9.92. The smallest absolute Gasteiger partial charge is 0.253 e. The minimum atomic E-state index is -3.75. The molecule has 0 spiro atoms. The van der Waals surface area contributed by atoms with Crippen LogP contribution in [0.4, 0.5) is 11.4 Å². The molecule has 168 valence electrons. The maximum Gasteiger partial charge on any atom is 0.253 e. The van der Waals surface area contributed by atoms with Gasteiger partial charge in [0.1, 0.15) is 6.04 Å². The highest BCUT2D eigenvalue weighted by atomic mass is 32.2. The fraction of sp³-hybridized carbons (Fsp3) is 0.364. The number of carbonyl (C=O) groups is 2. The number of sulfonamides is 1. The predicted octanol–water partition coefficient (Wildman–Crippen LogP) is 2.55. The number of benzene rings is 2. The molecule has 0 aliphatic rings. The van der Waals surface area contributed by atoms with Crippen molar-refractivity contribution in [1.29, 1.82) is 0 Å². The molecule has 8 nitrogen and oxygen atoms in total. The van der Waals surface area contributed by atoms with E-state index in [0.29, 0.717) is 24.5 Å². The summed E-state index contributed by atoms with van der Waals surface area (Å²) in [7, 11) is -2.21. The number of nitrogens with one attached hydrogen (secondary N) is 2. The highest BCUT2D eigenvalue weighted by molar-refractivity contribution is 7.92. The SMILES string of the molecule is CCC(C(=O)Nc1ccccc1C(=O)NCCOC)N(c1cccc(C)c1)S(C)(=O)=O. The summed E-state index contributed by atoms with van der Waals surface area (Å²) in [5, 5.41) is 5.45. The Balaban J connectivity index is 2.33. The van der Waals surface area contributed by atoms with Crippen molar-refractivity contribution in [3.05, 3.63) is 59.7 Å². The second-order valence-electron chi connectivity index (χ2n) is 7.11. The minimum Gasteiger partial charge on any atom is -0.383 e. The highest BCUT2D eigenvalue weighted by Crippen LogP contribution is 2.25. The molecule has 0 aliphatic heterocycles. The topological polar surface area (TPSA) is 105 Å². The van der Waals surface area contributed by atoms with Gasteiger partial charge in [-0.15, -0.1) is 0 Å². The number of para-hydroxylation sites is 1. The van der Waals surface area contributed by atoms with Crippen molar-refractivity contribution in [2.45, 2.75) is 26.3 Å². The van der Waals surface area contributed by atoms with Crippen LogP contribution in [0.3, 0.4) is 0 Å². The van der Waals surface area contributed by atoms with Crippen molar-refractivity contribution >= 4 is 33.2 Å². The van der Waals surface area contributed by atoms with Crippen LogP contribution in [0.5, 0.6) is 0 Å². The Labute approximate surface area is 183 Å². The molecule has 2 rings (SSSR count). The molecule has 0 aromatic heterocycles. The van der Waals surface area contributed by atoms with E-state index < -0.39 is 22.0 Å². The highest BCUT2D eigenvalue weighted by Gasteiger charge is 2.32. The second-order valence-corrected chi connectivity index (χ2v) is 8.96. The Bertz CT molecular complexity index is 1020. The quantitative estimate of drug-likeness (QED) is 0.545. The summed E-state index contributed by atoms with van der Waals surface area (Å²) in [4.78, 5) is 25.6. The van der Waals surface area contributed by atoms with Gasteiger partial charge < -0.3 is 15.4 Å². The van der Waals surface area contributed by atoms with E-state index in [2.05, 4.69) is 10.6 Å². The molecule has 0 aliphatic carbocycles. The standard InChI is InChI=1S/C22H29N3O5S/c1-5-20(25(31(4,28)29)17-10-8-9-16(2)15-17)22(27)24-19-12-7-6-11-18(19)21(26)23-13-14-30-3/h6-12,15,20H,5,13-14H2,1-4H3,(H,23,26)(H,24,27). The number of ether oxygens (including phenoxy) is 1. The molecule has 2 aromatic rings. The van der Waals surface area contributed by atoms with Crippen molar-refractivity contribution in [1.82, 2.24) is 5.32 Å². The van der Waals surface area contributed by atoms with Crippen LogP contribution >= 0.6 is 0 Å². The van der Waals surface area contributed by atoms with Gasteiger partial charge in [0.2, 0.25) is 15.9 Å². The predicted molar refractivity (Wildman–Crippen MR) is 122 cm³/mol. The molecule has 2 N–H and O–H groups in total. The molecule has 31 heavy (non-hydrogen) atoms. The maximum atomic E-state index is 13.2. The Morgan fingerprint density at radius 3 is 2.45 bits per heavy atom. The van der Waals surface area contributed by atoms with Gasteiger partial charge in [0.05, 0.1) is 29.8 Å². The fourth-order valence-electron chi connectivity index (χ4n) is 3.19. The third-order valence-electron chi connectivity index (χ3n) is 4.61. The van der Waals surface area contributed by atoms with E-state index in [9.17, 15) is 18.0 Å². The van der Waals surface area contributed by atoms with E-state index in [1.165, 1.54) is 7.11 Å². The lowest BCUT2D eigenvalue weighted by atomic mass is 10.1. The first-order chi connectivity index (χ1) is 14.7. The summed E-state index contributed by atoms with van der Waals surface area (Å²) in [6, 6.07) is 12.6. The summed E-state index contributed by atoms with van der Waals surface area (Å²) in [5.41, 5.74) is 1.87. The van der Waals surface area contributed by atoms with Crippen LogP contribution < -0.4 is 14.9 Å². The van der Waals surface area contributed by atoms with E-state index in [1.807, 2.05) is 13.0 Å². The number of hydrogen-bond acceptors (Lipinski definition) is 5. The molecule has 0 radical (unpaired) electrons. The third-order valence-corrected chi connectivity index (χ3v) is 5.79. The minimum absolute atomic E-state index is 0.245. The summed E-state index contributed by atoms with van der Waals surface area (Å²) >= 11 is 0. The fourth-order valence-corrected chi connectivity index (χ4v) is 4.40. The van der Waals surface area contributed by atoms with Crippen LogP contribution in [-0.2, 0) is 19.6 Å². The van der Waals surface area contributed by atoms with E-state index >= 15 is 0 Å². The average Bonchev–Trinajstić information content (AvgIpc) is 2.71. The van der Waals surface area contributed by atoms with Crippen LogP contribution in [0, 0.1) is 6.92 Å². The number of nitrogens with zero attached hydrogens (tertiary/aromatic N) is 1. The summed E-state index contributed by atoms with van der Waals surface area (Å²) in [6.07, 6.45) is 1.32. The van der Waals surface area contributed by atoms with Crippen LogP contribution in [-0.4, -0.2) is 52.8 Å². The summed E-state index contributed by atoms with van der Waals surface area (Å²) in [5.74, 6) is -0.883. The lowest BCUT2D eigenvalue weighted by molar-refractivity contribution is -0.117. The molecule has 1 atom stereocenters. The first kappa shape index (κ1) is 24.4. The molecule has 2 amide bonds. The second kappa shape index (κ2) is 10.9. The first-order valence-corrected chi connectivity index (χ1v) is 11.8. The average molecular weight is 448 g/mol. The molecule has 0 heterocycles. The van der Waals surface area contributed by atoms with Gasteiger partial charge in [0.25, 0.3) is 5.91 Å². The largest absolute Gasteiger partial charge is 0.383 e. The van der Waals surface area contributed by atoms with Crippen LogP contribution in [0.1, 0.15) is 29.3 Å². The lowest BCUT2D eigenvalue weighted by Gasteiger charge is -2.30. The van der Waals surface area contributed by atoms with Crippen molar-refractivity contribution in [3.63, 3.8) is 0 Å². The summed E-state index contributed by atoms with van der Waals surface area (Å²) < 4.78 is 31.2. The number of carbonyl (C=O) groups excluding carboxylic acids is 2. The zero-order chi connectivity index (χ0) is 23.0. The Hall–Kier alpha value is -2.91. The molecular weight excluding hydrogens is 418 g/mol. The van der Waals surface area contributed by atoms with Crippen LogP contribution in [0.15, 0.2) is 48.5 Å². The maximum absolute atomic E-state index is 13.2. The Morgan fingerprint density at radius 2 is 1.84 bits per heavy atom. The molecule has 1 unspecified atom stereocenters. The molecule has 0 bridgehead atoms. The molecule has 0 fully saturated rings. The van der Waals surface area contributed by atoms with Gasteiger partial charge in [-0.05, 0) is 43.2 Å². The van der Waals surface area contributed by atoms with E-state index in [-0.39, 0.29) is 17.9 Å². The van der Waals surface area contributed by atoms with Crippen molar-refractivity contribution < 1.29 is 22.7 Å². The zero-order valence-corrected chi connectivity index (χ0v) is 19.0. The van der Waals surface area contributed by atoms with Crippen LogP contribution in [0.25, 0.3) is 0 Å². The van der Waals surface area contributed by atoms with Gasteiger partial charge in [0.15, 0.2) is 0 Å². The molecule has 2 aromatic carbocycles. The van der Waals surface area contributed by atoms with Gasteiger partial charge in [-0.2, -0.15) is 0 Å². The van der Waals surface area contributed by atoms with Crippen molar-refractivity contribution in [2.75, 3.05) is 36.1 Å². The zero-order valence-electron chi connectivity index (χ0n) is 18.2. The van der Waals surface area contributed by atoms with E-state index in [1.54, 1.807) is 49.4 Å². The number of anilines is 2. The summed E-state index contributed by atoms with van der Waals surface area (Å²) in [6.45, 7) is 4.27. The van der Waals surface area contributed by atoms with Gasteiger partial charge >= 0.3 is 0 Å². The van der Waals surface area contributed by atoms with E-state index in [0.717, 1.165) is 16.1 Å². The Morgan fingerprint density at radius 1 is 1.13 bits per heavy atom. The molecule has 0 saturated heterocycles. The number of rotatable bonds is 10. The Kier molecular flexibility index (Phi) is 8.58. The third kappa shape index (κ3) is 6.53. The van der Waals surface area contributed by atoms with Gasteiger partial charge in [-0.1, -0.05) is 31.2 Å². The van der Waals surface area contributed by atoms with Gasteiger partial charge in [-0.3, -0.25) is 13.9 Å². The molecule has 0 saturated carbocycles. The van der Waals surface area contributed by atoms with E-state index in [4.69, 9.17) is 4.74 Å². The number of aryl methyl sites for hydroxylation is 1. The van der Waals surface area contributed by atoms with Gasteiger partial charge in [-0.25, -0.2) is 8.42 Å². The molecular formula is C22H29N3O5S. The van der Waals surface area contributed by atoms with Gasteiger partial charge in [0, 0.05) is 13.7 Å².